The predicted molar refractivity (Wildman–Crippen MR) is 84.0 cm³/mol. The normalized spacial score (nSPS) is 10.3. The molecule has 4 heteroatoms. The zero-order chi connectivity index (χ0) is 15.2. The van der Waals surface area contributed by atoms with Crippen LogP contribution in [-0.4, -0.2) is 16.9 Å². The first kappa shape index (κ1) is 15.3. The first-order chi connectivity index (χ1) is 10.1. The molecule has 0 aliphatic rings. The van der Waals surface area contributed by atoms with Crippen molar-refractivity contribution in [3.8, 4) is 0 Å². The number of hydrogen-bond acceptors (Lipinski definition) is 3. The third-order valence-electron chi connectivity index (χ3n) is 3.08. The summed E-state index contributed by atoms with van der Waals surface area (Å²) in [4.78, 5) is 23.5. The van der Waals surface area contributed by atoms with Crippen molar-refractivity contribution < 1.29 is 14.7 Å². The molecule has 3 nitrogen and oxygen atoms in total. The molecule has 0 heterocycles. The van der Waals surface area contributed by atoms with Gasteiger partial charge in [-0.1, -0.05) is 31.2 Å². The lowest BCUT2D eigenvalue weighted by atomic mass is 10.1. The van der Waals surface area contributed by atoms with Crippen LogP contribution in [0.15, 0.2) is 53.4 Å². The lowest BCUT2D eigenvalue weighted by Crippen LogP contribution is -1.96. The molecule has 0 unspecified atom stereocenters. The van der Waals surface area contributed by atoms with Crippen LogP contribution in [0, 0.1) is 0 Å². The summed E-state index contributed by atoms with van der Waals surface area (Å²) in [5.74, 6) is -0.0765. The second kappa shape index (κ2) is 7.09. The summed E-state index contributed by atoms with van der Waals surface area (Å²) in [5.41, 5.74) is 2.00. The van der Waals surface area contributed by atoms with Crippen molar-refractivity contribution in [2.75, 3.05) is 0 Å². The third-order valence-corrected chi connectivity index (χ3v) is 4.16. The van der Waals surface area contributed by atoms with Gasteiger partial charge in [-0.2, -0.15) is 0 Å². The number of hydrogen-bond donors (Lipinski definition) is 1. The maximum absolute atomic E-state index is 11.5. The molecule has 0 aliphatic carbocycles. The number of carboxylic acid groups (broad SMARTS) is 1. The highest BCUT2D eigenvalue weighted by atomic mass is 32.2. The SMILES string of the molecule is CCC(=O)c1ccc(SCc2cccc(C(=O)O)c2)cc1. The van der Waals surface area contributed by atoms with Gasteiger partial charge < -0.3 is 5.11 Å². The molecule has 0 atom stereocenters. The van der Waals surface area contributed by atoms with E-state index in [1.165, 1.54) is 0 Å². The molecule has 0 saturated carbocycles. The van der Waals surface area contributed by atoms with Crippen molar-refractivity contribution in [2.45, 2.75) is 24.0 Å². The Labute approximate surface area is 128 Å². The molecule has 0 bridgehead atoms. The Morgan fingerprint density at radius 2 is 1.76 bits per heavy atom. The van der Waals surface area contributed by atoms with E-state index in [9.17, 15) is 9.59 Å². The van der Waals surface area contributed by atoms with Crippen molar-refractivity contribution in [1.82, 2.24) is 0 Å². The number of Topliss-reactive ketones (excluding diaryl/α,β-unsaturated/α-hetero) is 1. The minimum atomic E-state index is -0.913. The minimum Gasteiger partial charge on any atom is -0.478 e. The van der Waals surface area contributed by atoms with Gasteiger partial charge in [0.05, 0.1) is 5.56 Å². The number of carboxylic acids is 1. The molecule has 0 spiro atoms. The van der Waals surface area contributed by atoms with Gasteiger partial charge in [-0.05, 0) is 29.8 Å². The highest BCUT2D eigenvalue weighted by molar-refractivity contribution is 7.98. The summed E-state index contributed by atoms with van der Waals surface area (Å²) in [6, 6.07) is 14.5. The summed E-state index contributed by atoms with van der Waals surface area (Å²) < 4.78 is 0. The number of rotatable bonds is 6. The summed E-state index contributed by atoms with van der Waals surface area (Å²) in [5, 5.41) is 8.96. The van der Waals surface area contributed by atoms with E-state index in [2.05, 4.69) is 0 Å². The van der Waals surface area contributed by atoms with Crippen LogP contribution >= 0.6 is 11.8 Å². The van der Waals surface area contributed by atoms with Crippen LogP contribution in [0.2, 0.25) is 0 Å². The molecule has 0 radical (unpaired) electrons. The second-order valence-corrected chi connectivity index (χ2v) is 5.64. The van der Waals surface area contributed by atoms with Crippen LogP contribution in [0.5, 0.6) is 0 Å². The minimum absolute atomic E-state index is 0.140. The van der Waals surface area contributed by atoms with Crippen molar-refractivity contribution in [3.05, 3.63) is 65.2 Å². The van der Waals surface area contributed by atoms with E-state index in [4.69, 9.17) is 5.11 Å². The van der Waals surface area contributed by atoms with E-state index >= 15 is 0 Å². The van der Waals surface area contributed by atoms with E-state index in [0.717, 1.165) is 16.0 Å². The quantitative estimate of drug-likeness (QED) is 0.639. The maximum atomic E-state index is 11.5. The largest absolute Gasteiger partial charge is 0.478 e. The summed E-state index contributed by atoms with van der Waals surface area (Å²) in [6.45, 7) is 1.85. The molecule has 0 aliphatic heterocycles. The Morgan fingerprint density at radius 1 is 1.05 bits per heavy atom. The highest BCUT2D eigenvalue weighted by Crippen LogP contribution is 2.23. The van der Waals surface area contributed by atoms with Gasteiger partial charge in [-0.25, -0.2) is 4.79 Å². The Bertz CT molecular complexity index is 647. The molecule has 2 aromatic rings. The van der Waals surface area contributed by atoms with Crippen molar-refractivity contribution in [1.29, 1.82) is 0 Å². The van der Waals surface area contributed by atoms with Gasteiger partial charge in [0.25, 0.3) is 0 Å². The topological polar surface area (TPSA) is 54.4 Å². The van der Waals surface area contributed by atoms with Crippen LogP contribution in [0.25, 0.3) is 0 Å². The average Bonchev–Trinajstić information content (AvgIpc) is 2.53. The maximum Gasteiger partial charge on any atom is 0.335 e. The zero-order valence-corrected chi connectivity index (χ0v) is 12.5. The fraction of sp³-hybridized carbons (Fsp3) is 0.176. The summed E-state index contributed by atoms with van der Waals surface area (Å²) >= 11 is 1.62. The molecule has 0 fully saturated rings. The molecule has 2 aromatic carbocycles. The Kier molecular flexibility index (Phi) is 5.17. The van der Waals surface area contributed by atoms with E-state index in [1.807, 2.05) is 37.3 Å². The fourth-order valence-corrected chi connectivity index (χ4v) is 2.74. The van der Waals surface area contributed by atoms with Crippen LogP contribution in [0.1, 0.15) is 39.6 Å². The number of thioether (sulfide) groups is 1. The average molecular weight is 300 g/mol. The molecule has 1 N–H and O–H groups in total. The molecular weight excluding hydrogens is 284 g/mol. The molecule has 2 rings (SSSR count). The van der Waals surface area contributed by atoms with Gasteiger partial charge in [0.2, 0.25) is 0 Å². The van der Waals surface area contributed by atoms with Gasteiger partial charge in [0, 0.05) is 22.6 Å². The van der Waals surface area contributed by atoms with Crippen molar-refractivity contribution >= 4 is 23.5 Å². The summed E-state index contributed by atoms with van der Waals surface area (Å²) in [7, 11) is 0. The first-order valence-electron chi connectivity index (χ1n) is 6.68. The molecule has 108 valence electrons. The number of benzene rings is 2. The van der Waals surface area contributed by atoms with Crippen LogP contribution in [-0.2, 0) is 5.75 Å². The predicted octanol–water partition coefficient (Wildman–Crippen LogP) is 4.27. The fourth-order valence-electron chi connectivity index (χ4n) is 1.90. The van der Waals surface area contributed by atoms with Crippen molar-refractivity contribution in [2.24, 2.45) is 0 Å². The molecule has 0 amide bonds. The van der Waals surface area contributed by atoms with E-state index < -0.39 is 5.97 Å². The standard InChI is InChI=1S/C17H16O3S/c1-2-16(18)13-6-8-15(9-7-13)21-11-12-4-3-5-14(10-12)17(19)20/h3-10H,2,11H2,1H3,(H,19,20). The molecule has 21 heavy (non-hydrogen) atoms. The van der Waals surface area contributed by atoms with Crippen molar-refractivity contribution in [3.63, 3.8) is 0 Å². The first-order valence-corrected chi connectivity index (χ1v) is 7.67. The summed E-state index contributed by atoms with van der Waals surface area (Å²) in [6.07, 6.45) is 0.508. The molecule has 0 aromatic heterocycles. The van der Waals surface area contributed by atoms with Crippen LogP contribution < -0.4 is 0 Å². The number of ketones is 1. The van der Waals surface area contributed by atoms with Crippen LogP contribution in [0.4, 0.5) is 0 Å². The van der Waals surface area contributed by atoms with Gasteiger partial charge in [0.15, 0.2) is 5.78 Å². The number of carbonyl (C=O) groups excluding carboxylic acids is 1. The number of aromatic carboxylic acids is 1. The molecule has 0 saturated heterocycles. The van der Waals surface area contributed by atoms with E-state index in [1.54, 1.807) is 30.0 Å². The zero-order valence-electron chi connectivity index (χ0n) is 11.7. The van der Waals surface area contributed by atoms with E-state index in [0.29, 0.717) is 17.7 Å². The van der Waals surface area contributed by atoms with Gasteiger partial charge in [0.1, 0.15) is 0 Å². The monoisotopic (exact) mass is 300 g/mol. The van der Waals surface area contributed by atoms with Crippen LogP contribution in [0.3, 0.4) is 0 Å². The Hall–Kier alpha value is -2.07. The van der Waals surface area contributed by atoms with Gasteiger partial charge in [-0.15, -0.1) is 11.8 Å². The lowest BCUT2D eigenvalue weighted by Gasteiger charge is -2.04. The second-order valence-electron chi connectivity index (χ2n) is 4.60. The van der Waals surface area contributed by atoms with E-state index in [-0.39, 0.29) is 5.78 Å². The smallest absolute Gasteiger partial charge is 0.335 e. The molecular formula is C17H16O3S. The Balaban J connectivity index is 2.01. The van der Waals surface area contributed by atoms with Gasteiger partial charge >= 0.3 is 5.97 Å². The van der Waals surface area contributed by atoms with Gasteiger partial charge in [-0.3, -0.25) is 4.79 Å². The Morgan fingerprint density at radius 3 is 2.38 bits per heavy atom. The lowest BCUT2D eigenvalue weighted by molar-refractivity contribution is 0.0696. The third kappa shape index (κ3) is 4.20. The highest BCUT2D eigenvalue weighted by Gasteiger charge is 2.05. The number of carbonyl (C=O) groups is 2.